The van der Waals surface area contributed by atoms with E-state index in [0.29, 0.717) is 0 Å². The van der Waals surface area contributed by atoms with Crippen molar-refractivity contribution in [3.8, 4) is 0 Å². The van der Waals surface area contributed by atoms with E-state index in [2.05, 4.69) is 68.2 Å². The van der Waals surface area contributed by atoms with Gasteiger partial charge in [0.1, 0.15) is 0 Å². The lowest BCUT2D eigenvalue weighted by Crippen LogP contribution is -2.12. The summed E-state index contributed by atoms with van der Waals surface area (Å²) in [6, 6.07) is 19.4. The monoisotopic (exact) mass is 214 g/mol. The fourth-order valence-corrected chi connectivity index (χ4v) is 3.54. The average Bonchev–Trinajstić information content (AvgIpc) is 2.30. The summed E-state index contributed by atoms with van der Waals surface area (Å²) in [5.74, 6) is 0. The summed E-state index contributed by atoms with van der Waals surface area (Å²) in [5.41, 5.74) is 1.40. The molecule has 1 unspecified atom stereocenters. The maximum atomic E-state index is 2.33. The van der Waals surface area contributed by atoms with E-state index < -0.39 is 0 Å². The number of rotatable bonds is 2. The van der Waals surface area contributed by atoms with Gasteiger partial charge in [0, 0.05) is 0 Å². The van der Waals surface area contributed by atoms with Gasteiger partial charge in [-0.25, -0.2) is 0 Å². The van der Waals surface area contributed by atoms with Crippen LogP contribution in [0.3, 0.4) is 0 Å². The molecule has 2 aromatic rings. The quantitative estimate of drug-likeness (QED) is 0.674. The summed E-state index contributed by atoms with van der Waals surface area (Å²) in [6.45, 7) is 4.52. The molecule has 15 heavy (non-hydrogen) atoms. The van der Waals surface area contributed by atoms with Gasteiger partial charge in [0.05, 0.1) is 0 Å². The second-order valence-corrected chi connectivity index (χ2v) is 5.80. The summed E-state index contributed by atoms with van der Waals surface area (Å²) in [4.78, 5) is 0. The first-order valence-corrected chi connectivity index (χ1v) is 6.92. The van der Waals surface area contributed by atoms with Crippen LogP contribution in [0.15, 0.2) is 54.6 Å². The molecule has 0 aliphatic carbocycles. The minimum Gasteiger partial charge on any atom is -0.0622 e. The molecule has 0 fully saturated rings. The lowest BCUT2D eigenvalue weighted by molar-refractivity contribution is 1.52. The van der Waals surface area contributed by atoms with Gasteiger partial charge in [-0.3, -0.25) is 0 Å². The van der Waals surface area contributed by atoms with Crippen molar-refractivity contribution in [1.29, 1.82) is 0 Å². The zero-order chi connectivity index (χ0) is 10.7. The van der Waals surface area contributed by atoms with Crippen molar-refractivity contribution in [3.05, 3.63) is 60.2 Å². The molecule has 0 aliphatic heterocycles. The number of benzene rings is 2. The third-order valence-corrected chi connectivity index (χ3v) is 4.92. The maximum absolute atomic E-state index is 2.33. The minimum absolute atomic E-state index is 0.192. The lowest BCUT2D eigenvalue weighted by atomic mass is 10.2. The largest absolute Gasteiger partial charge is 0.0622 e. The van der Waals surface area contributed by atoms with Crippen LogP contribution in [0.2, 0.25) is 0 Å². The molecule has 1 atom stereocenters. The van der Waals surface area contributed by atoms with E-state index in [0.717, 1.165) is 0 Å². The van der Waals surface area contributed by atoms with E-state index in [-0.39, 0.29) is 7.92 Å². The van der Waals surface area contributed by atoms with E-state index in [4.69, 9.17) is 0 Å². The molecule has 0 heterocycles. The average molecular weight is 214 g/mol. The van der Waals surface area contributed by atoms with Crippen LogP contribution >= 0.6 is 7.92 Å². The molecule has 0 saturated carbocycles. The highest BCUT2D eigenvalue weighted by Gasteiger charge is 2.08. The van der Waals surface area contributed by atoms with Gasteiger partial charge >= 0.3 is 0 Å². The fraction of sp³-hybridized carbons (Fsp3) is 0.143. The second kappa shape index (κ2) is 4.59. The number of hydrogen-bond donors (Lipinski definition) is 0. The van der Waals surface area contributed by atoms with Crippen LogP contribution in [-0.2, 0) is 0 Å². The Bertz CT molecular complexity index is 434. The van der Waals surface area contributed by atoms with Crippen molar-refractivity contribution in [2.75, 3.05) is 6.66 Å². The molecule has 0 saturated heterocycles. The Hall–Kier alpha value is -1.13. The molecule has 0 nitrogen and oxygen atoms in total. The Morgan fingerprint density at radius 2 is 1.40 bits per heavy atom. The lowest BCUT2D eigenvalue weighted by Gasteiger charge is -2.15. The zero-order valence-electron chi connectivity index (χ0n) is 9.14. The van der Waals surface area contributed by atoms with Crippen LogP contribution in [0.5, 0.6) is 0 Å². The fourth-order valence-electron chi connectivity index (χ4n) is 1.73. The summed E-state index contributed by atoms with van der Waals surface area (Å²) < 4.78 is 0. The Morgan fingerprint density at radius 1 is 0.800 bits per heavy atom. The molecule has 1 heteroatoms. The SMILES string of the molecule is Cc1ccccc1P(C)c1ccccc1. The van der Waals surface area contributed by atoms with E-state index in [9.17, 15) is 0 Å². The highest BCUT2D eigenvalue weighted by Crippen LogP contribution is 2.29. The predicted molar refractivity (Wildman–Crippen MR) is 69.7 cm³/mol. The van der Waals surface area contributed by atoms with Gasteiger partial charge in [-0.2, -0.15) is 0 Å². The van der Waals surface area contributed by atoms with Crippen LogP contribution in [0, 0.1) is 6.92 Å². The van der Waals surface area contributed by atoms with Crippen molar-refractivity contribution >= 4 is 18.5 Å². The van der Waals surface area contributed by atoms with Crippen molar-refractivity contribution in [2.24, 2.45) is 0 Å². The Balaban J connectivity index is 2.37. The first kappa shape index (κ1) is 10.4. The Morgan fingerprint density at radius 3 is 2.07 bits per heavy atom. The summed E-state index contributed by atoms with van der Waals surface area (Å²) in [6.07, 6.45) is 0. The first-order chi connectivity index (χ1) is 7.29. The standard InChI is InChI=1S/C14H15P/c1-12-8-6-7-11-14(12)15(2)13-9-4-3-5-10-13/h3-11H,1-2H3. The van der Waals surface area contributed by atoms with Crippen LogP contribution in [-0.4, -0.2) is 6.66 Å². The van der Waals surface area contributed by atoms with Gasteiger partial charge in [-0.1, -0.05) is 54.6 Å². The van der Waals surface area contributed by atoms with E-state index >= 15 is 0 Å². The molecule has 76 valence electrons. The normalized spacial score (nSPS) is 12.4. The highest BCUT2D eigenvalue weighted by molar-refractivity contribution is 7.72. The summed E-state index contributed by atoms with van der Waals surface area (Å²) in [5, 5.41) is 2.93. The van der Waals surface area contributed by atoms with E-state index in [1.807, 2.05) is 0 Å². The third-order valence-electron chi connectivity index (χ3n) is 2.62. The molecule has 0 N–H and O–H groups in total. The van der Waals surface area contributed by atoms with Gasteiger partial charge in [-0.05, 0) is 37.7 Å². The summed E-state index contributed by atoms with van der Waals surface area (Å²) >= 11 is 0. The molecule has 0 amide bonds. The first-order valence-electron chi connectivity index (χ1n) is 5.13. The molecular formula is C14H15P. The molecule has 0 radical (unpaired) electrons. The second-order valence-electron chi connectivity index (χ2n) is 3.68. The van der Waals surface area contributed by atoms with Crippen LogP contribution in [0.1, 0.15) is 5.56 Å². The van der Waals surface area contributed by atoms with Gasteiger partial charge in [0.25, 0.3) is 0 Å². The number of hydrogen-bond acceptors (Lipinski definition) is 0. The molecule has 2 rings (SSSR count). The van der Waals surface area contributed by atoms with Crippen molar-refractivity contribution in [2.45, 2.75) is 6.92 Å². The van der Waals surface area contributed by atoms with E-state index in [1.165, 1.54) is 16.2 Å². The van der Waals surface area contributed by atoms with Gasteiger partial charge in [-0.15, -0.1) is 0 Å². The van der Waals surface area contributed by atoms with Crippen LogP contribution < -0.4 is 10.6 Å². The van der Waals surface area contributed by atoms with Crippen LogP contribution in [0.4, 0.5) is 0 Å². The molecule has 2 aromatic carbocycles. The topological polar surface area (TPSA) is 0 Å². The van der Waals surface area contributed by atoms with Gasteiger partial charge in [0.15, 0.2) is 0 Å². The maximum Gasteiger partial charge on any atom is -0.0169 e. The molecule has 0 spiro atoms. The molecular weight excluding hydrogens is 199 g/mol. The molecule has 0 aliphatic rings. The van der Waals surface area contributed by atoms with Crippen molar-refractivity contribution in [1.82, 2.24) is 0 Å². The van der Waals surface area contributed by atoms with Gasteiger partial charge in [0.2, 0.25) is 0 Å². The smallest absolute Gasteiger partial charge is 0.0169 e. The predicted octanol–water partition coefficient (Wildman–Crippen LogP) is 3.06. The third kappa shape index (κ3) is 2.27. The Labute approximate surface area is 92.7 Å². The van der Waals surface area contributed by atoms with Crippen LogP contribution in [0.25, 0.3) is 0 Å². The minimum atomic E-state index is -0.192. The zero-order valence-corrected chi connectivity index (χ0v) is 10.0. The Kier molecular flexibility index (Phi) is 3.18. The highest BCUT2D eigenvalue weighted by atomic mass is 31.1. The van der Waals surface area contributed by atoms with Gasteiger partial charge < -0.3 is 0 Å². The van der Waals surface area contributed by atoms with E-state index in [1.54, 1.807) is 0 Å². The van der Waals surface area contributed by atoms with Crippen molar-refractivity contribution in [3.63, 3.8) is 0 Å². The van der Waals surface area contributed by atoms with Crippen molar-refractivity contribution < 1.29 is 0 Å². The number of aryl methyl sites for hydroxylation is 1. The summed E-state index contributed by atoms with van der Waals surface area (Å²) in [7, 11) is -0.192. The molecule has 0 aromatic heterocycles. The molecule has 0 bridgehead atoms.